The van der Waals surface area contributed by atoms with Crippen LogP contribution in [0.1, 0.15) is 29.8 Å². The highest BCUT2D eigenvalue weighted by molar-refractivity contribution is 9.10. The van der Waals surface area contributed by atoms with Crippen molar-refractivity contribution in [1.82, 2.24) is 4.98 Å². The van der Waals surface area contributed by atoms with Crippen molar-refractivity contribution in [3.05, 3.63) is 58.1 Å². The molecule has 3 rings (SSSR count). The average molecular weight is 324 g/mol. The van der Waals surface area contributed by atoms with Crippen molar-refractivity contribution in [2.24, 2.45) is 0 Å². The van der Waals surface area contributed by atoms with Crippen LogP contribution < -0.4 is 4.74 Å². The van der Waals surface area contributed by atoms with Gasteiger partial charge in [-0.3, -0.25) is 4.98 Å². The predicted molar refractivity (Wildman–Crippen MR) is 71.3 cm³/mol. The molecule has 1 aromatic carbocycles. The van der Waals surface area contributed by atoms with E-state index >= 15 is 0 Å². The minimum atomic E-state index is -0.733. The number of nitrogens with zero attached hydrogens (tertiary/aromatic N) is 1. The van der Waals surface area contributed by atoms with Gasteiger partial charge >= 0.3 is 0 Å². The van der Waals surface area contributed by atoms with Crippen molar-refractivity contribution in [3.63, 3.8) is 0 Å². The Kier molecular flexibility index (Phi) is 3.24. The van der Waals surface area contributed by atoms with Gasteiger partial charge in [0.25, 0.3) is 0 Å². The molecular weight excluding hydrogens is 313 g/mol. The Labute approximate surface area is 118 Å². The van der Waals surface area contributed by atoms with Crippen molar-refractivity contribution in [2.75, 3.05) is 0 Å². The van der Waals surface area contributed by atoms with Crippen LogP contribution in [0, 0.1) is 5.82 Å². The number of aromatic nitrogens is 1. The normalized spacial score (nSPS) is 21.6. The van der Waals surface area contributed by atoms with Crippen molar-refractivity contribution in [3.8, 4) is 5.75 Å². The number of rotatable bonds is 1. The van der Waals surface area contributed by atoms with Crippen LogP contribution >= 0.6 is 15.9 Å². The van der Waals surface area contributed by atoms with Crippen LogP contribution in [-0.4, -0.2) is 10.1 Å². The highest BCUT2D eigenvalue weighted by Gasteiger charge is 2.28. The molecule has 0 bridgehead atoms. The molecule has 0 fully saturated rings. The summed E-state index contributed by atoms with van der Waals surface area (Å²) < 4.78 is 19.8. The van der Waals surface area contributed by atoms with Gasteiger partial charge in [0.2, 0.25) is 0 Å². The second-order valence-corrected chi connectivity index (χ2v) is 5.39. The van der Waals surface area contributed by atoms with Crippen molar-refractivity contribution in [2.45, 2.75) is 18.6 Å². The van der Waals surface area contributed by atoms with Crippen molar-refractivity contribution in [1.29, 1.82) is 0 Å². The van der Waals surface area contributed by atoms with Crippen LogP contribution in [-0.2, 0) is 0 Å². The number of pyridine rings is 1. The summed E-state index contributed by atoms with van der Waals surface area (Å²) in [4.78, 5) is 4.09. The predicted octanol–water partition coefficient (Wildman–Crippen LogP) is 3.54. The fourth-order valence-electron chi connectivity index (χ4n) is 2.23. The number of hydrogen-bond donors (Lipinski definition) is 1. The van der Waals surface area contributed by atoms with E-state index in [1.165, 1.54) is 12.1 Å². The molecule has 0 saturated heterocycles. The molecule has 0 saturated carbocycles. The molecule has 0 spiro atoms. The molecule has 2 aromatic rings. The van der Waals surface area contributed by atoms with Crippen molar-refractivity contribution >= 4 is 15.9 Å². The molecular formula is C14H11BrFNO2. The largest absolute Gasteiger partial charge is 0.485 e. The van der Waals surface area contributed by atoms with Gasteiger partial charge in [0.1, 0.15) is 17.7 Å². The topological polar surface area (TPSA) is 42.4 Å². The summed E-state index contributed by atoms with van der Waals surface area (Å²) in [6, 6.07) is 6.09. The third-order valence-corrected chi connectivity index (χ3v) is 3.57. The summed E-state index contributed by atoms with van der Waals surface area (Å²) in [5.41, 5.74) is 1.38. The van der Waals surface area contributed by atoms with Gasteiger partial charge in [-0.05, 0) is 40.2 Å². The molecule has 98 valence electrons. The van der Waals surface area contributed by atoms with Gasteiger partial charge in [-0.2, -0.15) is 0 Å². The van der Waals surface area contributed by atoms with E-state index in [0.29, 0.717) is 17.7 Å². The summed E-state index contributed by atoms with van der Waals surface area (Å²) in [6.45, 7) is 0. The Morgan fingerprint density at radius 1 is 1.32 bits per heavy atom. The Balaban J connectivity index is 1.95. The van der Waals surface area contributed by atoms with E-state index in [1.807, 2.05) is 6.07 Å². The first-order valence-corrected chi connectivity index (χ1v) is 6.67. The average Bonchev–Trinajstić information content (AvgIpc) is 2.39. The smallest absolute Gasteiger partial charge is 0.128 e. The molecule has 5 heteroatoms. The van der Waals surface area contributed by atoms with Crippen LogP contribution in [0.5, 0.6) is 5.75 Å². The van der Waals surface area contributed by atoms with Gasteiger partial charge in [-0.25, -0.2) is 4.39 Å². The maximum atomic E-state index is 13.2. The number of halogens is 2. The van der Waals surface area contributed by atoms with E-state index < -0.39 is 6.10 Å². The van der Waals surface area contributed by atoms with E-state index in [-0.39, 0.29) is 11.9 Å². The summed E-state index contributed by atoms with van der Waals surface area (Å²) >= 11 is 3.35. The van der Waals surface area contributed by atoms with Crippen LogP contribution in [0.4, 0.5) is 4.39 Å². The lowest BCUT2D eigenvalue weighted by atomic mass is 9.96. The third-order valence-electron chi connectivity index (χ3n) is 3.14. The number of benzene rings is 1. The number of hydrogen-bond acceptors (Lipinski definition) is 3. The molecule has 1 aliphatic rings. The monoisotopic (exact) mass is 323 g/mol. The number of fused-ring (bicyclic) bond motifs is 1. The first kappa shape index (κ1) is 12.6. The molecule has 1 N–H and O–H groups in total. The van der Waals surface area contributed by atoms with Crippen LogP contribution in [0.15, 0.2) is 41.1 Å². The van der Waals surface area contributed by atoms with Gasteiger partial charge in [-0.15, -0.1) is 0 Å². The first-order valence-electron chi connectivity index (χ1n) is 5.88. The zero-order valence-corrected chi connectivity index (χ0v) is 11.5. The highest BCUT2D eigenvalue weighted by Crippen LogP contribution is 2.41. The van der Waals surface area contributed by atoms with Gasteiger partial charge in [0, 0.05) is 34.4 Å². The highest BCUT2D eigenvalue weighted by atomic mass is 79.9. The van der Waals surface area contributed by atoms with E-state index in [0.717, 1.165) is 10.0 Å². The second kappa shape index (κ2) is 4.90. The molecule has 0 radical (unpaired) electrons. The number of ether oxygens (including phenoxy) is 1. The maximum absolute atomic E-state index is 13.2. The zero-order valence-electron chi connectivity index (χ0n) is 9.88. The summed E-state index contributed by atoms with van der Waals surface area (Å²) in [5, 5.41) is 10.1. The van der Waals surface area contributed by atoms with E-state index in [9.17, 15) is 9.50 Å². The lowest BCUT2D eigenvalue weighted by Gasteiger charge is -2.29. The number of aliphatic hydroxyl groups is 1. The molecule has 3 nitrogen and oxygen atoms in total. The van der Waals surface area contributed by atoms with Gasteiger partial charge in [0.15, 0.2) is 0 Å². The van der Waals surface area contributed by atoms with Gasteiger partial charge < -0.3 is 9.84 Å². The molecule has 0 amide bonds. The summed E-state index contributed by atoms with van der Waals surface area (Å²) in [5.74, 6) is 0.147. The van der Waals surface area contributed by atoms with E-state index in [1.54, 1.807) is 18.5 Å². The third kappa shape index (κ3) is 2.48. The Hall–Kier alpha value is -1.46. The van der Waals surface area contributed by atoms with Crippen molar-refractivity contribution < 1.29 is 14.2 Å². The van der Waals surface area contributed by atoms with Crippen LogP contribution in [0.25, 0.3) is 0 Å². The minimum absolute atomic E-state index is 0.280. The lowest BCUT2D eigenvalue weighted by Crippen LogP contribution is -2.19. The molecule has 2 atom stereocenters. The van der Waals surface area contributed by atoms with E-state index in [4.69, 9.17) is 4.74 Å². The lowest BCUT2D eigenvalue weighted by molar-refractivity contribution is 0.0651. The van der Waals surface area contributed by atoms with Crippen LogP contribution in [0.3, 0.4) is 0 Å². The maximum Gasteiger partial charge on any atom is 0.128 e. The standard InChI is InChI=1S/C14H11BrFNO2/c15-9-3-8(6-17-7-9)14-5-12(18)11-4-10(16)1-2-13(11)19-14/h1-4,6-7,12,14,18H,5H2/t12-,14?/m1/s1. The zero-order chi connectivity index (χ0) is 13.4. The Morgan fingerprint density at radius 3 is 2.95 bits per heavy atom. The number of aliphatic hydroxyl groups excluding tert-OH is 1. The molecule has 0 aliphatic carbocycles. The minimum Gasteiger partial charge on any atom is -0.485 e. The molecule has 1 unspecified atom stereocenters. The second-order valence-electron chi connectivity index (χ2n) is 4.48. The molecule has 1 aliphatic heterocycles. The molecule has 1 aromatic heterocycles. The molecule has 2 heterocycles. The fourth-order valence-corrected chi connectivity index (χ4v) is 2.61. The Bertz CT molecular complexity index is 620. The van der Waals surface area contributed by atoms with Crippen LogP contribution in [0.2, 0.25) is 0 Å². The summed E-state index contributed by atoms with van der Waals surface area (Å²) in [7, 11) is 0. The van der Waals surface area contributed by atoms with Gasteiger partial charge in [-0.1, -0.05) is 0 Å². The van der Waals surface area contributed by atoms with Gasteiger partial charge in [0.05, 0.1) is 6.10 Å². The summed E-state index contributed by atoms with van der Waals surface area (Å²) in [6.07, 6.45) is 2.76. The Morgan fingerprint density at radius 2 is 2.16 bits per heavy atom. The quantitative estimate of drug-likeness (QED) is 0.872. The fraction of sp³-hybridized carbons (Fsp3) is 0.214. The molecule has 19 heavy (non-hydrogen) atoms. The van der Waals surface area contributed by atoms with E-state index in [2.05, 4.69) is 20.9 Å². The SMILES string of the molecule is O[C@@H]1CC(c2cncc(Br)c2)Oc2ccc(F)cc21. The first-order chi connectivity index (χ1) is 9.13.